The molecule has 30 heteroatoms. The van der Waals surface area contributed by atoms with Gasteiger partial charge in [-0.1, -0.05) is 77.4 Å². The van der Waals surface area contributed by atoms with E-state index in [4.69, 9.17) is 10.5 Å². The van der Waals surface area contributed by atoms with Crippen LogP contribution in [0.3, 0.4) is 0 Å². The third kappa shape index (κ3) is 20.3. The first-order chi connectivity index (χ1) is 45.9. The molecule has 12 atom stereocenters. The Balaban J connectivity index is 1.14. The molecule has 2 aromatic carbocycles. The number of H-pyrrole nitrogens is 1. The van der Waals surface area contributed by atoms with Gasteiger partial charge in [0, 0.05) is 105 Å². The third-order valence-electron chi connectivity index (χ3n) is 18.1. The number of aromatic amines is 1. The highest BCUT2D eigenvalue weighted by Crippen LogP contribution is 2.35. The maximum atomic E-state index is 14.9. The highest BCUT2D eigenvalue weighted by molar-refractivity contribution is 7.99. The van der Waals surface area contributed by atoms with Crippen molar-refractivity contribution in [1.82, 2.24) is 46.7 Å². The van der Waals surface area contributed by atoms with Crippen LogP contribution in [0.4, 0.5) is 0 Å². The van der Waals surface area contributed by atoms with Crippen LogP contribution in [0, 0.1) is 35.5 Å². The van der Waals surface area contributed by atoms with Crippen LogP contribution in [0.25, 0.3) is 10.9 Å². The summed E-state index contributed by atoms with van der Waals surface area (Å²) < 4.78 is 5.67. The number of aromatic nitrogens is 1. The van der Waals surface area contributed by atoms with Crippen molar-refractivity contribution in [2.24, 2.45) is 41.2 Å². The van der Waals surface area contributed by atoms with E-state index in [1.54, 1.807) is 70.2 Å². The van der Waals surface area contributed by atoms with E-state index < -0.39 is 194 Å². The molecular weight excluding hydrogens is 1280 g/mol. The molecular formula is C67H86N10O19S. The average molecular weight is 1370 g/mol. The highest BCUT2D eigenvalue weighted by atomic mass is 32.2. The summed E-state index contributed by atoms with van der Waals surface area (Å²) in [6.07, 6.45) is -3.76. The lowest BCUT2D eigenvalue weighted by molar-refractivity contribution is -0.145. The fourth-order valence-electron chi connectivity index (χ4n) is 12.0. The minimum Gasteiger partial charge on any atom is -0.461 e. The molecule has 0 radical (unpaired) electrons. The van der Waals surface area contributed by atoms with Crippen molar-refractivity contribution in [3.63, 3.8) is 0 Å². The summed E-state index contributed by atoms with van der Waals surface area (Å²) in [5.41, 5.74) is 8.00. The zero-order valence-corrected chi connectivity index (χ0v) is 55.8. The zero-order chi connectivity index (χ0) is 71.1. The summed E-state index contributed by atoms with van der Waals surface area (Å²) >= 11 is 0.979. The maximum Gasteiger partial charge on any atom is 0.310 e. The number of hydrogen-bond donors (Lipinski definition) is 11. The molecule has 0 aliphatic carbocycles. The Bertz CT molecular complexity index is 3550. The van der Waals surface area contributed by atoms with Gasteiger partial charge < -0.3 is 67.6 Å². The fourth-order valence-corrected chi connectivity index (χ4v) is 13.2. The Morgan fingerprint density at radius 3 is 2.07 bits per heavy atom. The summed E-state index contributed by atoms with van der Waals surface area (Å²) in [5.74, 6) is -16.8. The van der Waals surface area contributed by atoms with Crippen LogP contribution < -0.4 is 37.6 Å². The molecule has 5 heterocycles. The number of Topliss-reactive ketones (excluding diaryl/α,β-unsaturated/α-hetero) is 4. The van der Waals surface area contributed by atoms with Gasteiger partial charge in [-0.3, -0.25) is 76.8 Å². The number of nitrogens with zero attached hydrogens (tertiary/aromatic N) is 2. The van der Waals surface area contributed by atoms with Crippen LogP contribution in [0.2, 0.25) is 0 Å². The average Bonchev–Trinajstić information content (AvgIpc) is 1.66. The quantitative estimate of drug-likeness (QED) is 0.0424. The van der Waals surface area contributed by atoms with Gasteiger partial charge in [-0.25, -0.2) is 0 Å². The second kappa shape index (κ2) is 34.3. The number of nitrogens with two attached hydrogens (primary N) is 1. The molecule has 1 saturated heterocycles. The summed E-state index contributed by atoms with van der Waals surface area (Å²) in [4.78, 5) is 209. The van der Waals surface area contributed by atoms with Gasteiger partial charge >= 0.3 is 5.97 Å². The molecule has 1 fully saturated rings. The lowest BCUT2D eigenvalue weighted by Crippen LogP contribution is -2.56. The van der Waals surface area contributed by atoms with E-state index in [0.717, 1.165) is 33.7 Å². The number of rotatable bonds is 22. The molecule has 12 N–H and O–H groups in total. The predicted octanol–water partition coefficient (Wildman–Crippen LogP) is -1.01. The molecule has 3 aromatic rings. The third-order valence-corrected chi connectivity index (χ3v) is 19.3. The van der Waals surface area contributed by atoms with Crippen molar-refractivity contribution < 1.29 is 92.0 Å². The maximum absolute atomic E-state index is 14.9. The predicted molar refractivity (Wildman–Crippen MR) is 347 cm³/mol. The molecule has 2 bridgehead atoms. The minimum atomic E-state index is -1.67. The molecule has 7 rings (SSSR count). The van der Waals surface area contributed by atoms with Crippen LogP contribution in [0.15, 0.2) is 59.6 Å². The van der Waals surface area contributed by atoms with Crippen molar-refractivity contribution in [3.05, 3.63) is 76.9 Å². The van der Waals surface area contributed by atoms with Gasteiger partial charge in [0.25, 0.3) is 11.8 Å². The lowest BCUT2D eigenvalue weighted by atomic mass is 9.85. The Kier molecular flexibility index (Phi) is 26.6. The Hall–Kier alpha value is -9.00. The number of aliphatic hydroxyl groups is 3. The molecule has 4 aliphatic heterocycles. The van der Waals surface area contributed by atoms with E-state index in [0.29, 0.717) is 39.6 Å². The van der Waals surface area contributed by atoms with Gasteiger partial charge in [0.15, 0.2) is 17.3 Å². The second-order valence-electron chi connectivity index (χ2n) is 25.7. The number of fused-ring (bicyclic) bond motifs is 5. The number of ether oxygens (including phenoxy) is 1. The number of thioether (sulfide) groups is 1. The number of aliphatic hydroxyl groups excluding tert-OH is 3. The van der Waals surface area contributed by atoms with E-state index >= 15 is 0 Å². The van der Waals surface area contributed by atoms with Crippen LogP contribution in [0.1, 0.15) is 109 Å². The molecule has 0 spiro atoms. The van der Waals surface area contributed by atoms with Crippen molar-refractivity contribution in [2.75, 3.05) is 38.5 Å². The van der Waals surface area contributed by atoms with Gasteiger partial charge in [-0.15, -0.1) is 11.8 Å². The van der Waals surface area contributed by atoms with E-state index in [-0.39, 0.29) is 79.9 Å². The number of carbonyl (C=O) groups excluding carboxylic acids is 15. The Labute approximate surface area is 563 Å². The fraction of sp³-hybridized carbons (Fsp3) is 0.537. The SMILES string of the molecule is CC[C@H](C)[C@@H]1NC(=O)CNC(=O)C2CC(=O)[C@H]([C@@H](C)[C@@H](O)CO)NC(=O)[C@@H]3CC(O)CN3C(=O)[C@H](CC(N)=O)CC(=O)C(CSc3[nH]c4cc(CC(=O)OCc5ccc(CC(=O)[C@H](C)NC(=O)C(CC(=O)CCN6C(=O)C=CC6=O)C(C)C)cc5)ccc4c3C2)NC(=O)CNC1=O. The first kappa shape index (κ1) is 75.4. The van der Waals surface area contributed by atoms with Gasteiger partial charge in [0.05, 0.1) is 67.4 Å². The standard InChI is InChI=1S/C67H86N10O19S/c1-7-34(4)60-65(94)70-27-55(86)72-48-32-97-66-46(21-40(62(91)69-28-56(87)74-60)22-52(83)61(35(5)53(84)30-78)75-64(93)49-26-43(80)29-77(49)67(95)41(23-51(48)82)24-54(68)85)44-13-12-39(18-47(44)73-66)20-59(90)96-31-38-10-8-37(9-11-38)19-50(81)36(6)71-63(92)45(33(2)3)25-42(79)16-17-76-57(88)14-15-58(76)89/h8-15,18,33-36,40-41,43,45,48-49,53,60-61,73,78,80,84H,7,16-17,19-32H2,1-6H3,(H2,68,85)(H,69,91)(H,70,94)(H,71,92)(H,72,86)(H,74,87)(H,75,93)/t34-,35-,36-,40?,41-,43?,45?,48?,49-,53-,60-,61-/m0/s1. The Morgan fingerprint density at radius 2 is 1.42 bits per heavy atom. The van der Waals surface area contributed by atoms with E-state index in [1.165, 1.54) is 13.8 Å². The number of benzene rings is 2. The van der Waals surface area contributed by atoms with Crippen molar-refractivity contribution in [2.45, 2.75) is 160 Å². The molecule has 29 nitrogen and oxygen atoms in total. The van der Waals surface area contributed by atoms with Crippen LogP contribution >= 0.6 is 11.8 Å². The van der Waals surface area contributed by atoms with E-state index in [2.05, 4.69) is 36.9 Å². The summed E-state index contributed by atoms with van der Waals surface area (Å²) in [7, 11) is 0. The number of carbonyl (C=O) groups is 15. The molecule has 0 saturated carbocycles. The first-order valence-electron chi connectivity index (χ1n) is 32.4. The van der Waals surface area contributed by atoms with Crippen LogP contribution in [0.5, 0.6) is 0 Å². The molecule has 524 valence electrons. The minimum absolute atomic E-state index is 0.0646. The summed E-state index contributed by atoms with van der Waals surface area (Å²) in [5, 5.41) is 48.3. The second-order valence-corrected chi connectivity index (χ2v) is 26.8. The molecule has 4 aliphatic rings. The number of ketones is 4. The highest BCUT2D eigenvalue weighted by Gasteiger charge is 2.45. The monoisotopic (exact) mass is 1370 g/mol. The summed E-state index contributed by atoms with van der Waals surface area (Å²) in [6.45, 7) is 6.85. The van der Waals surface area contributed by atoms with Crippen LogP contribution in [-0.2, 0) is 103 Å². The van der Waals surface area contributed by atoms with Crippen molar-refractivity contribution in [1.29, 1.82) is 0 Å². The number of imide groups is 1. The topological polar surface area (TPSA) is 446 Å². The zero-order valence-electron chi connectivity index (χ0n) is 55.0. The normalized spacial score (nSPS) is 23.5. The van der Waals surface area contributed by atoms with Crippen molar-refractivity contribution >= 4 is 111 Å². The molecule has 10 amide bonds. The molecule has 97 heavy (non-hydrogen) atoms. The number of esters is 1. The lowest BCUT2D eigenvalue weighted by Gasteiger charge is -2.32. The van der Waals surface area contributed by atoms with Gasteiger partial charge in [0.2, 0.25) is 47.3 Å². The number of hydrogen-bond acceptors (Lipinski definition) is 20. The summed E-state index contributed by atoms with van der Waals surface area (Å²) in [6, 6.07) is 4.75. The Morgan fingerprint density at radius 1 is 0.773 bits per heavy atom. The number of primary amides is 1. The number of nitrogens with one attached hydrogen (secondary N) is 7. The molecule has 4 unspecified atom stereocenters. The van der Waals surface area contributed by atoms with E-state index in [9.17, 15) is 87.2 Å². The van der Waals surface area contributed by atoms with Gasteiger partial charge in [-0.2, -0.15) is 0 Å². The van der Waals surface area contributed by atoms with Gasteiger partial charge in [-0.05, 0) is 53.5 Å². The first-order valence-corrected chi connectivity index (χ1v) is 33.4. The van der Waals surface area contributed by atoms with E-state index in [1.807, 2.05) is 0 Å². The number of amides is 10. The smallest absolute Gasteiger partial charge is 0.310 e. The molecule has 1 aromatic heterocycles. The van der Waals surface area contributed by atoms with Crippen molar-refractivity contribution in [3.8, 4) is 0 Å². The largest absolute Gasteiger partial charge is 0.461 e. The van der Waals surface area contributed by atoms with Crippen LogP contribution in [-0.4, -0.2) is 199 Å². The van der Waals surface area contributed by atoms with Gasteiger partial charge in [0.1, 0.15) is 24.5 Å².